The largest absolute Gasteiger partial charge is 0.490 e. The van der Waals surface area contributed by atoms with E-state index in [1.165, 1.54) is 23.5 Å². The molecule has 27 heavy (non-hydrogen) atoms. The normalized spacial score (nSPS) is 13.9. The standard InChI is InChI=1S/C21H23F2NO3/c1-24(10-4-9-20(25)26)21-18(22)12-15(13-19(21)23)14-5-2-8-17(11-14)27-16-6-3-7-16/h2,5,8,11-13,16H,3-4,6-7,9-10H2,1H3,(H,25,26). The molecule has 0 heterocycles. The minimum Gasteiger partial charge on any atom is -0.490 e. The van der Waals surface area contributed by atoms with Crippen molar-refractivity contribution in [2.75, 3.05) is 18.5 Å². The summed E-state index contributed by atoms with van der Waals surface area (Å²) in [7, 11) is 1.55. The number of anilines is 1. The van der Waals surface area contributed by atoms with Gasteiger partial charge in [0.2, 0.25) is 0 Å². The van der Waals surface area contributed by atoms with Crippen LogP contribution in [0.15, 0.2) is 36.4 Å². The van der Waals surface area contributed by atoms with Crippen LogP contribution in [0.1, 0.15) is 32.1 Å². The minimum atomic E-state index is -0.927. The third-order valence-corrected chi connectivity index (χ3v) is 4.81. The number of nitrogens with zero attached hydrogens (tertiary/aromatic N) is 1. The van der Waals surface area contributed by atoms with Crippen molar-refractivity contribution in [2.24, 2.45) is 0 Å². The van der Waals surface area contributed by atoms with Gasteiger partial charge in [0.05, 0.1) is 6.10 Å². The fourth-order valence-corrected chi connectivity index (χ4v) is 3.11. The average molecular weight is 375 g/mol. The number of carboxylic acid groups (broad SMARTS) is 1. The van der Waals surface area contributed by atoms with Crippen LogP contribution in [0.4, 0.5) is 14.5 Å². The molecule has 0 aliphatic heterocycles. The van der Waals surface area contributed by atoms with Gasteiger partial charge >= 0.3 is 5.97 Å². The molecule has 0 saturated heterocycles. The van der Waals surface area contributed by atoms with Gasteiger partial charge in [-0.1, -0.05) is 12.1 Å². The fourth-order valence-electron chi connectivity index (χ4n) is 3.11. The summed E-state index contributed by atoms with van der Waals surface area (Å²) in [4.78, 5) is 12.0. The zero-order valence-electron chi connectivity index (χ0n) is 15.3. The molecule has 1 fully saturated rings. The lowest BCUT2D eigenvalue weighted by Crippen LogP contribution is -2.24. The molecule has 1 saturated carbocycles. The second-order valence-electron chi connectivity index (χ2n) is 6.91. The number of halogens is 2. The van der Waals surface area contributed by atoms with Gasteiger partial charge in [0.15, 0.2) is 0 Å². The monoisotopic (exact) mass is 375 g/mol. The minimum absolute atomic E-state index is 0.0422. The maximum Gasteiger partial charge on any atom is 0.303 e. The van der Waals surface area contributed by atoms with E-state index in [-0.39, 0.29) is 24.8 Å². The average Bonchev–Trinajstić information content (AvgIpc) is 2.57. The molecule has 0 unspecified atom stereocenters. The number of hydrogen-bond acceptors (Lipinski definition) is 3. The number of benzene rings is 2. The predicted octanol–water partition coefficient (Wildman–Crippen LogP) is 4.86. The van der Waals surface area contributed by atoms with Crippen LogP contribution in [-0.2, 0) is 4.79 Å². The number of carbonyl (C=O) groups is 1. The molecule has 1 N–H and O–H groups in total. The summed E-state index contributed by atoms with van der Waals surface area (Å²) >= 11 is 0. The van der Waals surface area contributed by atoms with Gasteiger partial charge in [-0.05, 0) is 61.1 Å². The lowest BCUT2D eigenvalue weighted by molar-refractivity contribution is -0.137. The van der Waals surface area contributed by atoms with E-state index in [1.54, 1.807) is 19.2 Å². The molecule has 0 atom stereocenters. The lowest BCUT2D eigenvalue weighted by Gasteiger charge is -2.26. The van der Waals surface area contributed by atoms with Crippen LogP contribution >= 0.6 is 0 Å². The van der Waals surface area contributed by atoms with Crippen molar-refractivity contribution in [3.8, 4) is 16.9 Å². The number of hydrogen-bond donors (Lipinski definition) is 1. The molecule has 0 spiro atoms. The lowest BCUT2D eigenvalue weighted by atomic mass is 9.96. The predicted molar refractivity (Wildman–Crippen MR) is 100 cm³/mol. The quantitative estimate of drug-likeness (QED) is 0.716. The molecule has 2 aromatic rings. The summed E-state index contributed by atoms with van der Waals surface area (Å²) in [6.07, 6.45) is 3.75. The molecule has 0 radical (unpaired) electrons. The van der Waals surface area contributed by atoms with Crippen molar-refractivity contribution in [3.63, 3.8) is 0 Å². The van der Waals surface area contributed by atoms with E-state index in [9.17, 15) is 13.6 Å². The molecule has 3 rings (SSSR count). The maximum atomic E-state index is 14.6. The third-order valence-electron chi connectivity index (χ3n) is 4.81. The van der Waals surface area contributed by atoms with E-state index < -0.39 is 17.6 Å². The molecule has 0 bridgehead atoms. The number of aliphatic carboxylic acids is 1. The molecule has 0 amide bonds. The van der Waals surface area contributed by atoms with E-state index in [2.05, 4.69) is 0 Å². The summed E-state index contributed by atoms with van der Waals surface area (Å²) < 4.78 is 35.0. The molecular formula is C21H23F2NO3. The topological polar surface area (TPSA) is 49.8 Å². The SMILES string of the molecule is CN(CCCC(=O)O)c1c(F)cc(-c2cccc(OC3CCC3)c2)cc1F. The van der Waals surface area contributed by atoms with Crippen LogP contribution in [0.25, 0.3) is 11.1 Å². The first-order valence-corrected chi connectivity index (χ1v) is 9.13. The summed E-state index contributed by atoms with van der Waals surface area (Å²) in [6, 6.07) is 9.84. The Bertz CT molecular complexity index is 798. The molecule has 4 nitrogen and oxygen atoms in total. The van der Waals surface area contributed by atoms with Gasteiger partial charge in [-0.2, -0.15) is 0 Å². The van der Waals surface area contributed by atoms with E-state index in [0.717, 1.165) is 12.8 Å². The van der Waals surface area contributed by atoms with Crippen molar-refractivity contribution in [1.82, 2.24) is 0 Å². The van der Waals surface area contributed by atoms with E-state index in [0.29, 0.717) is 23.3 Å². The first kappa shape index (κ1) is 19.1. The second-order valence-corrected chi connectivity index (χ2v) is 6.91. The van der Waals surface area contributed by atoms with Crippen molar-refractivity contribution in [2.45, 2.75) is 38.2 Å². The third kappa shape index (κ3) is 4.76. The van der Waals surface area contributed by atoms with Crippen LogP contribution in [0, 0.1) is 11.6 Å². The van der Waals surface area contributed by atoms with Gasteiger partial charge in [0.25, 0.3) is 0 Å². The Balaban J connectivity index is 1.77. The molecule has 0 aromatic heterocycles. The van der Waals surface area contributed by atoms with E-state index >= 15 is 0 Å². The highest BCUT2D eigenvalue weighted by molar-refractivity contribution is 5.69. The molecule has 1 aliphatic carbocycles. The first-order valence-electron chi connectivity index (χ1n) is 9.13. The van der Waals surface area contributed by atoms with E-state index in [4.69, 9.17) is 9.84 Å². The summed E-state index contributed by atoms with van der Waals surface area (Å²) in [6.45, 7) is 0.254. The smallest absolute Gasteiger partial charge is 0.303 e. The molecular weight excluding hydrogens is 352 g/mol. The number of carboxylic acids is 1. The van der Waals surface area contributed by atoms with Gasteiger partial charge < -0.3 is 14.7 Å². The Hall–Kier alpha value is -2.63. The summed E-state index contributed by atoms with van der Waals surface area (Å²) in [5.41, 5.74) is 0.975. The summed E-state index contributed by atoms with van der Waals surface area (Å²) in [5, 5.41) is 8.69. The van der Waals surface area contributed by atoms with E-state index in [1.807, 2.05) is 12.1 Å². The van der Waals surface area contributed by atoms with Gasteiger partial charge in [0.1, 0.15) is 23.1 Å². The van der Waals surface area contributed by atoms with Crippen LogP contribution in [0.5, 0.6) is 5.75 Å². The van der Waals surface area contributed by atoms with Crippen LogP contribution in [-0.4, -0.2) is 30.8 Å². The summed E-state index contributed by atoms with van der Waals surface area (Å²) in [5.74, 6) is -1.57. The van der Waals surface area contributed by atoms with Crippen LogP contribution in [0.2, 0.25) is 0 Å². The highest BCUT2D eigenvalue weighted by Crippen LogP contribution is 2.32. The Morgan fingerprint density at radius 2 is 1.89 bits per heavy atom. The molecule has 1 aliphatic rings. The van der Waals surface area contributed by atoms with Gasteiger partial charge in [-0.25, -0.2) is 8.78 Å². The Morgan fingerprint density at radius 3 is 2.48 bits per heavy atom. The Kier molecular flexibility index (Phi) is 5.94. The molecule has 2 aromatic carbocycles. The number of ether oxygens (including phenoxy) is 1. The van der Waals surface area contributed by atoms with Gasteiger partial charge in [0, 0.05) is 20.0 Å². The van der Waals surface area contributed by atoms with Crippen molar-refractivity contribution >= 4 is 11.7 Å². The highest BCUT2D eigenvalue weighted by Gasteiger charge is 2.20. The van der Waals surface area contributed by atoms with Crippen LogP contribution < -0.4 is 9.64 Å². The molecule has 6 heteroatoms. The van der Waals surface area contributed by atoms with Crippen molar-refractivity contribution in [3.05, 3.63) is 48.0 Å². The zero-order chi connectivity index (χ0) is 19.4. The van der Waals surface area contributed by atoms with Crippen molar-refractivity contribution in [1.29, 1.82) is 0 Å². The Labute approximate surface area is 157 Å². The maximum absolute atomic E-state index is 14.6. The van der Waals surface area contributed by atoms with Crippen molar-refractivity contribution < 1.29 is 23.4 Å². The number of rotatable bonds is 8. The molecule has 144 valence electrons. The van der Waals surface area contributed by atoms with Gasteiger partial charge in [-0.3, -0.25) is 4.79 Å². The first-order chi connectivity index (χ1) is 12.9. The Morgan fingerprint density at radius 1 is 1.19 bits per heavy atom. The zero-order valence-corrected chi connectivity index (χ0v) is 15.3. The van der Waals surface area contributed by atoms with Gasteiger partial charge in [-0.15, -0.1) is 0 Å². The fraction of sp³-hybridized carbons (Fsp3) is 0.381. The van der Waals surface area contributed by atoms with Crippen LogP contribution in [0.3, 0.4) is 0 Å². The highest BCUT2D eigenvalue weighted by atomic mass is 19.1. The second kappa shape index (κ2) is 8.37.